The van der Waals surface area contributed by atoms with E-state index in [1.165, 1.54) is 79.2 Å². The molecule has 6 aromatic heterocycles. The number of pyridine rings is 3. The molecule has 0 spiro atoms. The van der Waals surface area contributed by atoms with E-state index >= 15 is 0 Å². The molecular formula is C120H155BrN20O8Sn. The Balaban J connectivity index is 0.000000190. The predicted octanol–water partition coefficient (Wildman–Crippen LogP) is 21.4. The fourth-order valence-electron chi connectivity index (χ4n) is 17.5. The second-order valence-corrected chi connectivity index (χ2v) is 53.9. The zero-order valence-corrected chi connectivity index (χ0v) is 96.1. The maximum absolute atomic E-state index is 13.1. The van der Waals surface area contributed by atoms with Crippen molar-refractivity contribution in [1.29, 1.82) is 0 Å². The zero-order chi connectivity index (χ0) is 108. The molecule has 15 rings (SSSR count). The molecule has 3 aliphatic heterocycles. The van der Waals surface area contributed by atoms with Gasteiger partial charge in [-0.05, 0) is 245 Å². The van der Waals surface area contributed by atoms with Crippen LogP contribution in [0.4, 0.5) is 17.1 Å². The number of nitrogens with zero attached hydrogens (tertiary/aromatic N) is 17. The van der Waals surface area contributed by atoms with Crippen LogP contribution >= 0.6 is 15.9 Å². The minimum atomic E-state index is -2.24. The molecule has 0 saturated carbocycles. The number of halogens is 1. The molecule has 3 saturated heterocycles. The van der Waals surface area contributed by atoms with E-state index in [0.717, 1.165) is 188 Å². The number of benzene rings is 6. The fraction of sp³-hybridized carbons (Fsp3) is 0.400. The van der Waals surface area contributed by atoms with Crippen molar-refractivity contribution in [3.8, 4) is 33.8 Å². The van der Waals surface area contributed by atoms with Crippen molar-refractivity contribution in [3.05, 3.63) is 342 Å². The fourth-order valence-corrected chi connectivity index (χ4v) is 32.5. The van der Waals surface area contributed by atoms with Crippen LogP contribution in [0.25, 0.3) is 33.8 Å². The van der Waals surface area contributed by atoms with Gasteiger partial charge in [-0.25, -0.2) is 29.9 Å². The second kappa shape index (κ2) is 59.5. The van der Waals surface area contributed by atoms with Gasteiger partial charge in [0.25, 0.3) is 17.7 Å². The first-order valence-corrected chi connectivity index (χ1v) is 60.6. The summed E-state index contributed by atoms with van der Waals surface area (Å²) in [7, 11) is 17.3. The number of Topliss-reactive ketones (excluding diaryl/α,β-unsaturated/α-hetero) is 1. The molecule has 0 aliphatic carbocycles. The molecule has 9 heterocycles. The van der Waals surface area contributed by atoms with Gasteiger partial charge in [0, 0.05) is 286 Å². The monoisotopic (exact) mass is 2200 g/mol. The molecule has 0 unspecified atom stereocenters. The average Bonchev–Trinajstić information content (AvgIpc) is 0.875. The largest absolute Gasteiger partial charge is 0.341 e. The predicted molar refractivity (Wildman–Crippen MR) is 611 cm³/mol. The number of anilines is 3. The van der Waals surface area contributed by atoms with E-state index in [1.807, 2.05) is 205 Å². The number of allylic oxidation sites excluding steroid dienone is 2. The Morgan fingerprint density at radius 2 is 0.760 bits per heavy atom. The number of carbonyl (C=O) groups excluding carboxylic acids is 5. The zero-order valence-electron chi connectivity index (χ0n) is 91.6. The molecule has 0 atom stereocenters. The molecule has 28 nitrogen and oxygen atoms in total. The van der Waals surface area contributed by atoms with Crippen molar-refractivity contribution in [2.75, 3.05) is 165 Å². The van der Waals surface area contributed by atoms with Gasteiger partial charge >= 0.3 is 120 Å². The first kappa shape index (κ1) is 118. The Morgan fingerprint density at radius 3 is 1.06 bits per heavy atom. The SMILES string of the molecule is C/C(=C\C(=O)c1cncc(-c2ccnc(Cc3cc(NC(=O)c4ccc(CN5CCN(C)CC5)cc4)ccc3C)n2)c1)N(C)C.C=[C](OCC)[Sn]([CH2]CCC)([CH2]CCC)[CH2]CCC.CC(=O)c1cncc(-c2ccnc(Cc3cc(NC(=O)c4ccc(CN5CCN(C)CC5)cc4)ccc3C)n2)c1.COC(C)(OC)N(C)C.Cc1ccc(NC(=O)c2ccc(CN3CCN(C)CC3)cc2)cc1Cc1nccc(-c2cncc(Br)c2)n1. The Hall–Kier alpha value is -12.2. The number of amides is 3. The third-order valence-corrected chi connectivity index (χ3v) is 43.4. The minimum Gasteiger partial charge on any atom is -0.341 e. The van der Waals surface area contributed by atoms with E-state index in [4.69, 9.17) is 29.2 Å². The smallest absolute Gasteiger partial charge is 0.255 e. The number of ether oxygens (including phenoxy) is 3. The molecule has 6 aromatic carbocycles. The summed E-state index contributed by atoms with van der Waals surface area (Å²) in [6.07, 6.45) is 26.5. The van der Waals surface area contributed by atoms with Gasteiger partial charge in [0.15, 0.2) is 11.6 Å². The summed E-state index contributed by atoms with van der Waals surface area (Å²) in [6.45, 7) is 41.2. The average molecular weight is 2200 g/mol. The summed E-state index contributed by atoms with van der Waals surface area (Å²) in [6, 6.07) is 52.5. The van der Waals surface area contributed by atoms with E-state index in [-0.39, 0.29) is 29.3 Å². The number of rotatable bonds is 40. The Kier molecular flexibility index (Phi) is 46.8. The van der Waals surface area contributed by atoms with Crippen LogP contribution in [0, 0.1) is 20.8 Å². The summed E-state index contributed by atoms with van der Waals surface area (Å²) in [4.78, 5) is 122. The van der Waals surface area contributed by atoms with E-state index in [0.29, 0.717) is 75.9 Å². The third-order valence-electron chi connectivity index (χ3n) is 27.9. The maximum Gasteiger partial charge on any atom is 0.255 e. The first-order valence-electron chi connectivity index (χ1n) is 52.3. The molecule has 150 heavy (non-hydrogen) atoms. The molecule has 0 bridgehead atoms. The number of likely N-dealkylation sites (N-methyl/N-ethyl adjacent to an activating group) is 3. The van der Waals surface area contributed by atoms with Crippen molar-refractivity contribution < 1.29 is 38.2 Å². The number of aryl methyl sites for hydroxylation is 3. The van der Waals surface area contributed by atoms with Crippen LogP contribution in [0.2, 0.25) is 13.3 Å². The quantitative estimate of drug-likeness (QED) is 0.0106. The topological polar surface area (TPSA) is 291 Å². The van der Waals surface area contributed by atoms with Crippen LogP contribution in [-0.2, 0) is 53.1 Å². The number of piperazine rings is 3. The third kappa shape index (κ3) is 36.8. The number of nitrogens with one attached hydrogen (secondary N) is 3. The van der Waals surface area contributed by atoms with Crippen molar-refractivity contribution in [2.24, 2.45) is 0 Å². The molecule has 3 N–H and O–H groups in total. The van der Waals surface area contributed by atoms with Gasteiger partial charge in [-0.15, -0.1) is 0 Å². The van der Waals surface area contributed by atoms with Gasteiger partial charge in [-0.1, -0.05) is 54.6 Å². The number of unbranched alkanes of at least 4 members (excludes halogenated alkanes) is 3. The van der Waals surface area contributed by atoms with E-state index in [2.05, 4.69) is 166 Å². The number of carbonyl (C=O) groups is 5. The molecule has 3 aliphatic rings. The Morgan fingerprint density at radius 1 is 0.433 bits per heavy atom. The standard InChI is InChI=1S/C36H41N7O2.C32H34N6O2.C30H31BrN6O.C6H15NO2.C4H7O.3C4H9.Sn/c1-25-6-11-32(39-36(45)28-9-7-27(8-10-28)24-43-16-14-42(5)15-17-43)20-29(25)21-35-38-13-12-33(40-35)30-19-31(23-37-22-30)34(44)18-26(2)41(3)4;1-22-4-9-29(35-32(40)25-7-5-24(6-8-25)21-38-14-12-37(3)13-15-38)17-26(22)18-31-34-11-10-30(36-31)28-16-27(23(2)39)19-33-20-28;1-21-3-8-27(16-24(21)17-29-33-10-9-28(35-29)25-15-26(31)19-32-18-25)34-30(38)23-6-4-22(5-7-23)20-37-13-11-36(2)12-14-37;1-6(8-4,9-5)7(2)3;1-3-5-4-2;3*1-3-4-2;/h6-13,18-20,22-23H,14-17,21,24H2,1-5H3,(H,39,45);4-11,16-17,19-20H,12-15,18,21H2,1-3H3,(H,35,40);3-10,15-16,18-19H,11-14,17,20H2,1-2H3,(H,34,38);1-5H3;1,4H2,2H3;3*1,3-4H2,2H3;/b26-18+;;;;;;;;. The van der Waals surface area contributed by atoms with Gasteiger partial charge in [0.2, 0.25) is 5.91 Å². The second-order valence-electron chi connectivity index (χ2n) is 39.8. The molecule has 0 radical (unpaired) electrons. The summed E-state index contributed by atoms with van der Waals surface area (Å²) >= 11 is 1.22. The van der Waals surface area contributed by atoms with Gasteiger partial charge in [-0.3, -0.25) is 58.5 Å². The van der Waals surface area contributed by atoms with Crippen LogP contribution in [0.15, 0.2) is 246 Å². The number of ketones is 2. The van der Waals surface area contributed by atoms with Gasteiger partial charge < -0.3 is 45.0 Å². The maximum atomic E-state index is 13.1. The molecule has 12 aromatic rings. The van der Waals surface area contributed by atoms with Gasteiger partial charge in [0.05, 0.1) is 17.1 Å². The Labute approximate surface area is 902 Å². The number of hydrogen-bond donors (Lipinski definition) is 3. The Bertz CT molecular complexity index is 6400. The van der Waals surface area contributed by atoms with Crippen LogP contribution in [-0.4, -0.2) is 286 Å². The first-order chi connectivity index (χ1) is 72.1. The molecule has 794 valence electrons. The molecule has 30 heteroatoms. The summed E-state index contributed by atoms with van der Waals surface area (Å²) in [5.74, 6) is 0.851. The van der Waals surface area contributed by atoms with Crippen molar-refractivity contribution in [2.45, 2.75) is 166 Å². The molecular weight excluding hydrogens is 2050 g/mol. The minimum absolute atomic E-state index is 0.0419. The van der Waals surface area contributed by atoms with E-state index < -0.39 is 24.3 Å². The van der Waals surface area contributed by atoms with E-state index in [9.17, 15) is 24.0 Å². The van der Waals surface area contributed by atoms with Crippen LogP contribution in [0.5, 0.6) is 0 Å². The van der Waals surface area contributed by atoms with Crippen molar-refractivity contribution in [3.63, 3.8) is 0 Å². The van der Waals surface area contributed by atoms with Crippen LogP contribution in [0.1, 0.15) is 206 Å². The van der Waals surface area contributed by atoms with Gasteiger partial charge in [0.1, 0.15) is 17.5 Å². The summed E-state index contributed by atoms with van der Waals surface area (Å²) in [5.41, 5.74) is 20.7. The van der Waals surface area contributed by atoms with Crippen LogP contribution < -0.4 is 16.0 Å². The number of methoxy groups -OCH3 is 2. The summed E-state index contributed by atoms with van der Waals surface area (Å²) < 4.78 is 22.6. The van der Waals surface area contributed by atoms with Crippen molar-refractivity contribution in [1.82, 2.24) is 84.1 Å². The van der Waals surface area contributed by atoms with Crippen LogP contribution in [0.3, 0.4) is 0 Å². The molecule has 3 amide bonds. The van der Waals surface area contributed by atoms with Gasteiger partial charge in [-0.2, -0.15) is 0 Å². The number of hydrogen-bond acceptors (Lipinski definition) is 25. The van der Waals surface area contributed by atoms with Crippen molar-refractivity contribution >= 4 is 80.7 Å². The normalized spacial score (nSPS) is 13.9. The summed E-state index contributed by atoms with van der Waals surface area (Å²) in [5, 5.41) is 9.14. The number of aromatic nitrogens is 9. The molecule has 3 fully saturated rings. The van der Waals surface area contributed by atoms with E-state index in [1.54, 1.807) is 88.2 Å².